The summed E-state index contributed by atoms with van der Waals surface area (Å²) in [5.74, 6) is 3.21. The molecule has 152 valence electrons. The fourth-order valence-corrected chi connectivity index (χ4v) is 6.12. The molecule has 3 amide bonds. The van der Waals surface area contributed by atoms with Crippen LogP contribution in [0.4, 0.5) is 9.59 Å². The minimum Gasteiger partial charge on any atom is -0.444 e. The van der Waals surface area contributed by atoms with Gasteiger partial charge < -0.3 is 19.9 Å². The molecular weight excluding hydrogens is 342 g/mol. The molecule has 4 bridgehead atoms. The number of ether oxygens (including phenoxy) is 1. The molecule has 6 nitrogen and oxygen atoms in total. The molecule has 27 heavy (non-hydrogen) atoms. The zero-order valence-electron chi connectivity index (χ0n) is 17.2. The Labute approximate surface area is 163 Å². The van der Waals surface area contributed by atoms with Crippen molar-refractivity contribution < 1.29 is 14.3 Å². The molecule has 1 aliphatic heterocycles. The minimum absolute atomic E-state index is 0.0316. The summed E-state index contributed by atoms with van der Waals surface area (Å²) < 4.78 is 5.46. The maximum absolute atomic E-state index is 12.9. The lowest BCUT2D eigenvalue weighted by atomic mass is 9.54. The van der Waals surface area contributed by atoms with Crippen molar-refractivity contribution in [2.45, 2.75) is 77.0 Å². The lowest BCUT2D eigenvalue weighted by Gasteiger charge is -2.54. The predicted molar refractivity (Wildman–Crippen MR) is 103 cm³/mol. The third-order valence-corrected chi connectivity index (χ3v) is 7.20. The highest BCUT2D eigenvalue weighted by Gasteiger charge is 2.49. The van der Waals surface area contributed by atoms with Crippen LogP contribution < -0.4 is 5.32 Å². The van der Waals surface area contributed by atoms with Crippen molar-refractivity contribution in [3.05, 3.63) is 0 Å². The van der Waals surface area contributed by atoms with E-state index in [4.69, 9.17) is 4.74 Å². The molecule has 5 fully saturated rings. The van der Waals surface area contributed by atoms with E-state index in [-0.39, 0.29) is 18.2 Å². The third kappa shape index (κ3) is 3.90. The first-order valence-electron chi connectivity index (χ1n) is 10.7. The first-order valence-corrected chi connectivity index (χ1v) is 10.7. The molecular formula is C21H35N3O3. The van der Waals surface area contributed by atoms with Crippen molar-refractivity contribution in [3.63, 3.8) is 0 Å². The summed E-state index contributed by atoms with van der Waals surface area (Å²) in [6, 6.07) is 0.463. The molecule has 1 heterocycles. The lowest BCUT2D eigenvalue weighted by molar-refractivity contribution is -0.0108. The normalized spacial score (nSPS) is 37.4. The molecule has 1 unspecified atom stereocenters. The number of carbonyl (C=O) groups is 2. The predicted octanol–water partition coefficient (Wildman–Crippen LogP) is 3.46. The molecule has 0 aromatic heterocycles. The molecule has 1 N–H and O–H groups in total. The molecule has 4 aliphatic carbocycles. The third-order valence-electron chi connectivity index (χ3n) is 7.20. The number of nitrogens with one attached hydrogen (secondary N) is 1. The SMILES string of the molecule is CN(C(=O)OC(C)(C)C)C1CCN(C(=O)NC2C3CC4CC(C3)CC2C4)C1. The molecule has 0 aromatic carbocycles. The van der Waals surface area contributed by atoms with Gasteiger partial charge in [-0.05, 0) is 83.0 Å². The van der Waals surface area contributed by atoms with E-state index in [2.05, 4.69) is 5.32 Å². The van der Waals surface area contributed by atoms with Crippen LogP contribution in [0.1, 0.15) is 59.3 Å². The maximum Gasteiger partial charge on any atom is 0.410 e. The highest BCUT2D eigenvalue weighted by molar-refractivity contribution is 5.75. The second-order valence-electron chi connectivity index (χ2n) is 10.4. The van der Waals surface area contributed by atoms with E-state index < -0.39 is 5.60 Å². The van der Waals surface area contributed by atoms with Gasteiger partial charge in [0.05, 0.1) is 6.04 Å². The van der Waals surface area contributed by atoms with Gasteiger partial charge >= 0.3 is 12.1 Å². The Bertz CT molecular complexity index is 572. The minimum atomic E-state index is -0.500. The summed E-state index contributed by atoms with van der Waals surface area (Å²) in [5, 5.41) is 3.38. The number of amides is 3. The van der Waals surface area contributed by atoms with Crippen LogP contribution in [0.15, 0.2) is 0 Å². The second kappa shape index (κ2) is 6.85. The number of urea groups is 1. The van der Waals surface area contributed by atoms with Gasteiger partial charge in [0.2, 0.25) is 0 Å². The Balaban J connectivity index is 1.30. The number of hydrogen-bond acceptors (Lipinski definition) is 3. The van der Waals surface area contributed by atoms with Crippen molar-refractivity contribution in [3.8, 4) is 0 Å². The van der Waals surface area contributed by atoms with Crippen molar-refractivity contribution >= 4 is 12.1 Å². The molecule has 0 radical (unpaired) electrons. The topological polar surface area (TPSA) is 61.9 Å². The second-order valence-corrected chi connectivity index (χ2v) is 10.4. The molecule has 5 rings (SSSR count). The van der Waals surface area contributed by atoms with Gasteiger partial charge in [0.25, 0.3) is 0 Å². The fourth-order valence-electron chi connectivity index (χ4n) is 6.12. The molecule has 1 atom stereocenters. The monoisotopic (exact) mass is 377 g/mol. The highest BCUT2D eigenvalue weighted by Crippen LogP contribution is 2.53. The van der Waals surface area contributed by atoms with Crippen LogP contribution in [0.2, 0.25) is 0 Å². The first kappa shape index (κ1) is 18.9. The van der Waals surface area contributed by atoms with Crippen LogP contribution in [0, 0.1) is 23.7 Å². The summed E-state index contributed by atoms with van der Waals surface area (Å²) in [4.78, 5) is 28.7. The van der Waals surface area contributed by atoms with Crippen LogP contribution in [-0.2, 0) is 4.74 Å². The van der Waals surface area contributed by atoms with Crippen molar-refractivity contribution in [1.82, 2.24) is 15.1 Å². The number of likely N-dealkylation sites (tertiary alicyclic amines) is 1. The fraction of sp³-hybridized carbons (Fsp3) is 0.905. The number of carbonyl (C=O) groups excluding carboxylic acids is 2. The molecule has 6 heteroatoms. The largest absolute Gasteiger partial charge is 0.444 e. The van der Waals surface area contributed by atoms with Gasteiger partial charge in [0, 0.05) is 26.2 Å². The van der Waals surface area contributed by atoms with Crippen LogP contribution in [0.3, 0.4) is 0 Å². The van der Waals surface area contributed by atoms with Crippen LogP contribution in [0.5, 0.6) is 0 Å². The van der Waals surface area contributed by atoms with E-state index in [9.17, 15) is 9.59 Å². The average Bonchev–Trinajstić information content (AvgIpc) is 3.05. The Hall–Kier alpha value is -1.46. The van der Waals surface area contributed by atoms with Crippen LogP contribution in [0.25, 0.3) is 0 Å². The quantitative estimate of drug-likeness (QED) is 0.802. The number of hydrogen-bond donors (Lipinski definition) is 1. The summed E-state index contributed by atoms with van der Waals surface area (Å²) in [6.45, 7) is 6.92. The van der Waals surface area contributed by atoms with E-state index in [1.165, 1.54) is 32.1 Å². The van der Waals surface area contributed by atoms with Crippen molar-refractivity contribution in [1.29, 1.82) is 0 Å². The van der Waals surface area contributed by atoms with E-state index in [0.717, 1.165) is 18.3 Å². The Morgan fingerprint density at radius 3 is 2.19 bits per heavy atom. The standard InChI is InChI=1S/C21H35N3O3/c1-21(2,3)27-20(26)23(4)17-5-6-24(12-17)19(25)22-18-15-8-13-7-14(10-15)11-16(18)9-13/h13-18H,5-12H2,1-4H3,(H,22,25). The van der Waals surface area contributed by atoms with Gasteiger partial charge in [-0.25, -0.2) is 9.59 Å². The van der Waals surface area contributed by atoms with Crippen molar-refractivity contribution in [2.75, 3.05) is 20.1 Å². The molecule has 4 saturated carbocycles. The average molecular weight is 378 g/mol. The van der Waals surface area contributed by atoms with Gasteiger partial charge in [-0.3, -0.25) is 0 Å². The smallest absolute Gasteiger partial charge is 0.410 e. The summed E-state index contributed by atoms with van der Waals surface area (Å²) in [6.07, 6.45) is 7.16. The molecule has 0 spiro atoms. The number of likely N-dealkylation sites (N-methyl/N-ethyl adjacent to an activating group) is 1. The van der Waals surface area contributed by atoms with Gasteiger partial charge in [-0.1, -0.05) is 0 Å². The lowest BCUT2D eigenvalue weighted by Crippen LogP contribution is -2.58. The Kier molecular flexibility index (Phi) is 4.79. The van der Waals surface area contributed by atoms with Gasteiger partial charge in [0.1, 0.15) is 5.60 Å². The zero-order chi connectivity index (χ0) is 19.3. The Morgan fingerprint density at radius 1 is 1.04 bits per heavy atom. The van der Waals surface area contributed by atoms with Crippen LogP contribution in [-0.4, -0.2) is 59.7 Å². The molecule has 1 saturated heterocycles. The van der Waals surface area contributed by atoms with Gasteiger partial charge in [-0.15, -0.1) is 0 Å². The summed E-state index contributed by atoms with van der Waals surface area (Å²) in [7, 11) is 1.78. The van der Waals surface area contributed by atoms with E-state index in [1.807, 2.05) is 25.7 Å². The van der Waals surface area contributed by atoms with Gasteiger partial charge in [-0.2, -0.15) is 0 Å². The van der Waals surface area contributed by atoms with E-state index in [1.54, 1.807) is 11.9 Å². The van der Waals surface area contributed by atoms with Crippen molar-refractivity contribution in [2.24, 2.45) is 23.7 Å². The highest BCUT2D eigenvalue weighted by atomic mass is 16.6. The van der Waals surface area contributed by atoms with E-state index in [0.29, 0.717) is 31.0 Å². The number of rotatable bonds is 2. The van der Waals surface area contributed by atoms with E-state index >= 15 is 0 Å². The Morgan fingerprint density at radius 2 is 1.63 bits per heavy atom. The maximum atomic E-state index is 12.9. The molecule has 5 aliphatic rings. The zero-order valence-corrected chi connectivity index (χ0v) is 17.2. The summed E-state index contributed by atoms with van der Waals surface area (Å²) in [5.41, 5.74) is -0.500. The molecule has 0 aromatic rings. The first-order chi connectivity index (χ1) is 12.7. The van der Waals surface area contributed by atoms with Crippen LogP contribution >= 0.6 is 0 Å². The summed E-state index contributed by atoms with van der Waals surface area (Å²) >= 11 is 0. The van der Waals surface area contributed by atoms with Gasteiger partial charge in [0.15, 0.2) is 0 Å². The number of nitrogens with zero attached hydrogens (tertiary/aromatic N) is 2.